The van der Waals surface area contributed by atoms with Crippen LogP contribution < -0.4 is 10.5 Å². The highest BCUT2D eigenvalue weighted by Crippen LogP contribution is 2.41. The largest absolute Gasteiger partial charge is 0.494 e. The number of nitrogens with zero attached hydrogens (tertiary/aromatic N) is 5. The predicted molar refractivity (Wildman–Crippen MR) is 161 cm³/mol. The van der Waals surface area contributed by atoms with E-state index in [-0.39, 0.29) is 18.0 Å². The normalized spacial score (nSPS) is 21.7. The number of amides is 1. The molecule has 1 amide bonds. The van der Waals surface area contributed by atoms with Crippen LogP contribution in [0.15, 0.2) is 40.9 Å². The van der Waals surface area contributed by atoms with Crippen LogP contribution in [0.5, 0.6) is 5.75 Å². The molecule has 5 aromatic rings. The van der Waals surface area contributed by atoms with E-state index in [4.69, 9.17) is 20.0 Å². The molecular weight excluding hydrogens is 528 g/mol. The minimum Gasteiger partial charge on any atom is -0.494 e. The Hall–Kier alpha value is -4.11. The lowest BCUT2D eigenvalue weighted by molar-refractivity contribution is 0.0700. The third kappa shape index (κ3) is 3.75. The van der Waals surface area contributed by atoms with Crippen LogP contribution in [0.1, 0.15) is 47.5 Å². The SMILES string of the molecule is COc1cc(C(=O)N2CC3CCC2[C@@H]3N)cc2nc(-c3cc4ccc(-c5c(C)noc5C)cc4n3CC3CC3)n(C)c12. The number of imidazole rings is 1. The van der Waals surface area contributed by atoms with Gasteiger partial charge in [0.1, 0.15) is 17.0 Å². The number of likely N-dealkylation sites (tertiary alicyclic amines) is 1. The van der Waals surface area contributed by atoms with E-state index in [0.29, 0.717) is 23.1 Å². The van der Waals surface area contributed by atoms with Gasteiger partial charge in [-0.3, -0.25) is 4.79 Å². The molecule has 0 radical (unpaired) electrons. The summed E-state index contributed by atoms with van der Waals surface area (Å²) in [4.78, 5) is 20.8. The lowest BCUT2D eigenvalue weighted by atomic mass is 10.0. The van der Waals surface area contributed by atoms with Gasteiger partial charge in [0.2, 0.25) is 0 Å². The molecule has 9 heteroatoms. The number of nitrogens with two attached hydrogens (primary N) is 1. The summed E-state index contributed by atoms with van der Waals surface area (Å²) in [6.07, 6.45) is 4.57. The first-order valence-electron chi connectivity index (χ1n) is 15.0. The van der Waals surface area contributed by atoms with Gasteiger partial charge in [-0.1, -0.05) is 17.3 Å². The Morgan fingerprint density at radius 2 is 1.95 bits per heavy atom. The minimum atomic E-state index is 0.0137. The summed E-state index contributed by atoms with van der Waals surface area (Å²) in [6, 6.07) is 12.8. The number of methoxy groups -OCH3 is 1. The maximum absolute atomic E-state index is 13.7. The molecule has 3 aromatic heterocycles. The van der Waals surface area contributed by atoms with Crippen molar-refractivity contribution in [1.82, 2.24) is 24.2 Å². The van der Waals surface area contributed by atoms with Crippen molar-refractivity contribution in [2.45, 2.75) is 58.2 Å². The fourth-order valence-electron chi connectivity index (χ4n) is 7.51. The molecule has 2 saturated carbocycles. The molecule has 2 N–H and O–H groups in total. The van der Waals surface area contributed by atoms with Gasteiger partial charge < -0.3 is 29.0 Å². The average molecular weight is 565 g/mol. The maximum atomic E-state index is 13.7. The molecule has 3 aliphatic rings. The van der Waals surface area contributed by atoms with Crippen LogP contribution in [0.25, 0.3) is 44.6 Å². The van der Waals surface area contributed by atoms with E-state index in [0.717, 1.165) is 76.5 Å². The summed E-state index contributed by atoms with van der Waals surface area (Å²) in [5.74, 6) is 3.40. The third-order valence-corrected chi connectivity index (χ3v) is 9.91. The third-order valence-electron chi connectivity index (χ3n) is 9.91. The van der Waals surface area contributed by atoms with Crippen LogP contribution in [0.2, 0.25) is 0 Å². The Bertz CT molecular complexity index is 1870. The van der Waals surface area contributed by atoms with E-state index in [9.17, 15) is 4.79 Å². The van der Waals surface area contributed by atoms with Crippen LogP contribution in [-0.2, 0) is 13.6 Å². The molecule has 0 spiro atoms. The summed E-state index contributed by atoms with van der Waals surface area (Å²) in [7, 11) is 3.69. The highest BCUT2D eigenvalue weighted by molar-refractivity contribution is 6.00. The van der Waals surface area contributed by atoms with Gasteiger partial charge in [0.05, 0.1) is 24.0 Å². The number of carbonyl (C=O) groups is 1. The second-order valence-corrected chi connectivity index (χ2v) is 12.5. The zero-order valence-electron chi connectivity index (χ0n) is 24.6. The lowest BCUT2D eigenvalue weighted by Crippen LogP contribution is -2.41. The first kappa shape index (κ1) is 25.6. The van der Waals surface area contributed by atoms with E-state index in [1.807, 2.05) is 37.9 Å². The van der Waals surface area contributed by atoms with Crippen LogP contribution >= 0.6 is 0 Å². The van der Waals surface area contributed by atoms with E-state index in [2.05, 4.69) is 38.6 Å². The zero-order chi connectivity index (χ0) is 28.9. The summed E-state index contributed by atoms with van der Waals surface area (Å²) in [5, 5.41) is 5.34. The van der Waals surface area contributed by atoms with Crippen molar-refractivity contribution in [3.63, 3.8) is 0 Å². The van der Waals surface area contributed by atoms with Crippen molar-refractivity contribution in [2.75, 3.05) is 13.7 Å². The number of piperidine rings is 1. The van der Waals surface area contributed by atoms with E-state index in [1.54, 1.807) is 7.11 Å². The van der Waals surface area contributed by atoms with Gasteiger partial charge in [0.15, 0.2) is 5.82 Å². The molecule has 216 valence electrons. The molecule has 2 bridgehead atoms. The Morgan fingerprint density at radius 1 is 1.12 bits per heavy atom. The smallest absolute Gasteiger partial charge is 0.254 e. The molecule has 3 atom stereocenters. The van der Waals surface area contributed by atoms with Crippen LogP contribution in [0.3, 0.4) is 0 Å². The highest BCUT2D eigenvalue weighted by atomic mass is 16.5. The Balaban J connectivity index is 1.25. The topological polar surface area (TPSA) is 104 Å². The molecular formula is C33H36N6O3. The maximum Gasteiger partial charge on any atom is 0.254 e. The molecule has 42 heavy (non-hydrogen) atoms. The standard InChI is InChI=1S/C33H36N6O3/c1-17-29(18(2)42-36-17)21-8-7-20-12-27(38(26(20)13-21)15-19-5-6-19)32-35-24-11-23(14-28(41-4)31(24)37(32)3)33(40)39-16-22-9-10-25(39)30(22)34/h7-8,11-14,19,22,25,30H,5-6,9-10,15-16,34H2,1-4H3/t22?,25?,30-/m1/s1. The second kappa shape index (κ2) is 9.19. The summed E-state index contributed by atoms with van der Waals surface area (Å²) < 4.78 is 15.8. The fourth-order valence-corrected chi connectivity index (χ4v) is 7.51. The summed E-state index contributed by atoms with van der Waals surface area (Å²) in [6.45, 7) is 5.61. The number of carbonyl (C=O) groups excluding carboxylic acids is 1. The number of ether oxygens (including phenoxy) is 1. The van der Waals surface area contributed by atoms with E-state index in [1.165, 1.54) is 18.4 Å². The van der Waals surface area contributed by atoms with Gasteiger partial charge in [-0.25, -0.2) is 4.98 Å². The number of hydrogen-bond donors (Lipinski definition) is 1. The van der Waals surface area contributed by atoms with Gasteiger partial charge in [0, 0.05) is 54.3 Å². The predicted octanol–water partition coefficient (Wildman–Crippen LogP) is 5.45. The molecule has 2 aliphatic carbocycles. The minimum absolute atomic E-state index is 0.0137. The van der Waals surface area contributed by atoms with Crippen LogP contribution in [0, 0.1) is 25.7 Å². The number of hydrogen-bond acceptors (Lipinski definition) is 6. The molecule has 3 fully saturated rings. The zero-order valence-corrected chi connectivity index (χ0v) is 24.6. The van der Waals surface area contributed by atoms with Crippen molar-refractivity contribution in [3.8, 4) is 28.4 Å². The van der Waals surface area contributed by atoms with Crippen molar-refractivity contribution < 1.29 is 14.1 Å². The number of benzene rings is 2. The average Bonchev–Trinajstić information content (AvgIpc) is 3.17. The van der Waals surface area contributed by atoms with Crippen molar-refractivity contribution in [2.24, 2.45) is 24.6 Å². The molecule has 2 aromatic carbocycles. The van der Waals surface area contributed by atoms with Gasteiger partial charge in [-0.05, 0) is 81.2 Å². The quantitative estimate of drug-likeness (QED) is 0.294. The van der Waals surface area contributed by atoms with Crippen molar-refractivity contribution in [1.29, 1.82) is 0 Å². The number of rotatable bonds is 6. The van der Waals surface area contributed by atoms with Crippen molar-refractivity contribution >= 4 is 27.8 Å². The first-order chi connectivity index (χ1) is 20.3. The Labute approximate surface area is 244 Å². The number of fused-ring (bicyclic) bond motifs is 4. The van der Waals surface area contributed by atoms with Gasteiger partial charge in [-0.15, -0.1) is 0 Å². The summed E-state index contributed by atoms with van der Waals surface area (Å²) in [5.41, 5.74) is 13.9. The van der Waals surface area contributed by atoms with Gasteiger partial charge >= 0.3 is 0 Å². The van der Waals surface area contributed by atoms with Gasteiger partial charge in [0.25, 0.3) is 5.91 Å². The monoisotopic (exact) mass is 564 g/mol. The molecule has 2 unspecified atom stereocenters. The van der Waals surface area contributed by atoms with Crippen molar-refractivity contribution in [3.05, 3.63) is 53.4 Å². The Morgan fingerprint density at radius 3 is 2.62 bits per heavy atom. The van der Waals surface area contributed by atoms with Crippen LogP contribution in [0.4, 0.5) is 0 Å². The highest BCUT2D eigenvalue weighted by Gasteiger charge is 2.47. The summed E-state index contributed by atoms with van der Waals surface area (Å²) >= 11 is 0. The Kier molecular flexibility index (Phi) is 5.60. The second-order valence-electron chi connectivity index (χ2n) is 12.5. The molecule has 8 rings (SSSR count). The van der Waals surface area contributed by atoms with Crippen LogP contribution in [-0.4, -0.2) is 55.8 Å². The van der Waals surface area contributed by atoms with E-state index >= 15 is 0 Å². The van der Waals surface area contributed by atoms with Gasteiger partial charge in [-0.2, -0.15) is 0 Å². The molecule has 4 heterocycles. The number of aromatic nitrogens is 4. The molecule has 9 nitrogen and oxygen atoms in total. The first-order valence-corrected chi connectivity index (χ1v) is 15.0. The molecule has 1 aliphatic heterocycles. The van der Waals surface area contributed by atoms with E-state index < -0.39 is 0 Å². The molecule has 1 saturated heterocycles. The fraction of sp³-hybridized carbons (Fsp3) is 0.424. The lowest BCUT2D eigenvalue weighted by Gasteiger charge is -2.27. The number of aryl methyl sites for hydroxylation is 3.